The van der Waals surface area contributed by atoms with Crippen molar-refractivity contribution in [1.82, 2.24) is 5.43 Å². The maximum absolute atomic E-state index is 12.2. The largest absolute Gasteiger partial charge is 0.493 e. The van der Waals surface area contributed by atoms with Crippen molar-refractivity contribution in [3.05, 3.63) is 58.8 Å². The fraction of sp³-hybridized carbons (Fsp3) is 0.105. The first kappa shape index (κ1) is 19.2. The van der Waals surface area contributed by atoms with Gasteiger partial charge in [-0.05, 0) is 35.9 Å². The van der Waals surface area contributed by atoms with Gasteiger partial charge in [-0.3, -0.25) is 9.59 Å². The Bertz CT molecular complexity index is 1060. The van der Waals surface area contributed by atoms with Crippen LogP contribution in [0.1, 0.15) is 16.1 Å². The summed E-state index contributed by atoms with van der Waals surface area (Å²) >= 11 is 6.07. The molecule has 3 rings (SSSR count). The molecule has 2 amide bonds. The quantitative estimate of drug-likeness (QED) is 0.466. The summed E-state index contributed by atoms with van der Waals surface area (Å²) in [5.41, 5.74) is 8.50. The second-order valence-electron chi connectivity index (χ2n) is 5.63. The van der Waals surface area contributed by atoms with Crippen molar-refractivity contribution in [1.29, 1.82) is 0 Å². The van der Waals surface area contributed by atoms with Crippen LogP contribution in [0.3, 0.4) is 0 Å². The standard InChI is InChI=1S/C19H16ClN3O5/c1-26-15-4-2-3-12-8-16(28-18(12)15)19(25)23-22-9-11-5-6-14(13(20)7-11)27-10-17(21)24/h2-9H,10H2,1H3,(H2,21,24)(H,23,25). The maximum Gasteiger partial charge on any atom is 0.307 e. The molecule has 0 bridgehead atoms. The number of carbonyl (C=O) groups is 2. The number of nitrogens with one attached hydrogen (secondary N) is 1. The van der Waals surface area contributed by atoms with Crippen LogP contribution in [-0.2, 0) is 4.79 Å². The first-order valence-corrected chi connectivity index (χ1v) is 8.46. The lowest BCUT2D eigenvalue weighted by Gasteiger charge is -2.06. The zero-order valence-corrected chi connectivity index (χ0v) is 15.5. The van der Waals surface area contributed by atoms with E-state index in [2.05, 4.69) is 10.5 Å². The normalized spacial score (nSPS) is 10.9. The summed E-state index contributed by atoms with van der Waals surface area (Å²) in [4.78, 5) is 23.0. The van der Waals surface area contributed by atoms with Crippen molar-refractivity contribution < 1.29 is 23.5 Å². The lowest BCUT2D eigenvalue weighted by atomic mass is 10.2. The van der Waals surface area contributed by atoms with Gasteiger partial charge in [-0.25, -0.2) is 5.43 Å². The van der Waals surface area contributed by atoms with Crippen LogP contribution >= 0.6 is 11.6 Å². The van der Waals surface area contributed by atoms with E-state index < -0.39 is 11.8 Å². The molecule has 3 N–H and O–H groups in total. The third-order valence-corrected chi connectivity index (χ3v) is 3.95. The number of hydrogen-bond acceptors (Lipinski definition) is 6. The molecule has 1 heterocycles. The summed E-state index contributed by atoms with van der Waals surface area (Å²) in [6.07, 6.45) is 1.41. The summed E-state index contributed by atoms with van der Waals surface area (Å²) in [6, 6.07) is 11.8. The van der Waals surface area contributed by atoms with Gasteiger partial charge in [0.05, 0.1) is 18.3 Å². The van der Waals surface area contributed by atoms with Gasteiger partial charge in [-0.2, -0.15) is 5.10 Å². The number of para-hydroxylation sites is 1. The fourth-order valence-electron chi connectivity index (χ4n) is 2.39. The molecule has 2 aromatic carbocycles. The van der Waals surface area contributed by atoms with Gasteiger partial charge in [0.2, 0.25) is 0 Å². The van der Waals surface area contributed by atoms with Crippen molar-refractivity contribution in [3.63, 3.8) is 0 Å². The van der Waals surface area contributed by atoms with E-state index in [0.717, 1.165) is 5.39 Å². The molecule has 0 aliphatic heterocycles. The Balaban J connectivity index is 1.66. The van der Waals surface area contributed by atoms with E-state index in [1.54, 1.807) is 36.4 Å². The number of nitrogens with two attached hydrogens (primary N) is 1. The van der Waals surface area contributed by atoms with E-state index in [0.29, 0.717) is 22.6 Å². The second-order valence-corrected chi connectivity index (χ2v) is 6.04. The minimum atomic E-state index is -0.604. The molecule has 1 aromatic heterocycles. The number of methoxy groups -OCH3 is 1. The molecule has 8 nitrogen and oxygen atoms in total. The van der Waals surface area contributed by atoms with Crippen LogP contribution in [0, 0.1) is 0 Å². The average molecular weight is 402 g/mol. The zero-order valence-electron chi connectivity index (χ0n) is 14.8. The number of nitrogens with zero attached hydrogens (tertiary/aromatic N) is 1. The van der Waals surface area contributed by atoms with E-state index >= 15 is 0 Å². The van der Waals surface area contributed by atoms with Crippen LogP contribution < -0.4 is 20.6 Å². The van der Waals surface area contributed by atoms with Crippen LogP contribution in [0.4, 0.5) is 0 Å². The third-order valence-electron chi connectivity index (χ3n) is 3.66. The zero-order chi connectivity index (χ0) is 20.1. The monoisotopic (exact) mass is 401 g/mol. The third kappa shape index (κ3) is 4.41. The van der Waals surface area contributed by atoms with Crippen molar-refractivity contribution in [3.8, 4) is 11.5 Å². The number of fused-ring (bicyclic) bond motifs is 1. The smallest absolute Gasteiger partial charge is 0.307 e. The fourth-order valence-corrected chi connectivity index (χ4v) is 2.64. The van der Waals surface area contributed by atoms with E-state index in [9.17, 15) is 9.59 Å². The van der Waals surface area contributed by atoms with E-state index in [4.69, 9.17) is 31.2 Å². The molecule has 28 heavy (non-hydrogen) atoms. The first-order chi connectivity index (χ1) is 13.5. The van der Waals surface area contributed by atoms with Crippen LogP contribution in [0.25, 0.3) is 11.0 Å². The van der Waals surface area contributed by atoms with Crippen molar-refractivity contribution in [2.24, 2.45) is 10.8 Å². The van der Waals surface area contributed by atoms with Gasteiger partial charge in [0.25, 0.3) is 5.91 Å². The van der Waals surface area contributed by atoms with Crippen LogP contribution in [0.2, 0.25) is 5.02 Å². The number of benzene rings is 2. The number of amides is 2. The van der Waals surface area contributed by atoms with Gasteiger partial charge in [-0.1, -0.05) is 23.7 Å². The SMILES string of the molecule is COc1cccc2cc(C(=O)NN=Cc3ccc(OCC(N)=O)c(Cl)c3)oc12. The molecule has 0 saturated heterocycles. The number of hydrogen-bond donors (Lipinski definition) is 2. The van der Waals surface area contributed by atoms with Gasteiger partial charge in [0.15, 0.2) is 23.7 Å². The summed E-state index contributed by atoms with van der Waals surface area (Å²) in [5, 5.41) is 4.91. The molecule has 0 saturated carbocycles. The van der Waals surface area contributed by atoms with Gasteiger partial charge in [0.1, 0.15) is 5.75 Å². The predicted molar refractivity (Wildman–Crippen MR) is 104 cm³/mol. The molecule has 0 unspecified atom stereocenters. The Morgan fingerprint density at radius 2 is 2.07 bits per heavy atom. The van der Waals surface area contributed by atoms with Crippen molar-refractivity contribution in [2.75, 3.05) is 13.7 Å². The number of rotatable bonds is 7. The molecule has 0 radical (unpaired) electrons. The van der Waals surface area contributed by atoms with E-state index in [-0.39, 0.29) is 17.4 Å². The Kier molecular flexibility index (Phi) is 5.81. The van der Waals surface area contributed by atoms with Crippen molar-refractivity contribution in [2.45, 2.75) is 0 Å². The van der Waals surface area contributed by atoms with Crippen LogP contribution in [0.15, 0.2) is 52.0 Å². The molecule has 9 heteroatoms. The number of halogens is 1. The molecule has 0 aliphatic carbocycles. The number of primary amides is 1. The molecular formula is C19H16ClN3O5. The molecule has 0 spiro atoms. The van der Waals surface area contributed by atoms with Gasteiger partial charge >= 0.3 is 5.91 Å². The highest BCUT2D eigenvalue weighted by Gasteiger charge is 2.14. The Hall–Kier alpha value is -3.52. The average Bonchev–Trinajstić information content (AvgIpc) is 3.11. The predicted octanol–water partition coefficient (Wildman–Crippen LogP) is 2.72. The number of furan rings is 1. The second kappa shape index (κ2) is 8.45. The topological polar surface area (TPSA) is 116 Å². The van der Waals surface area contributed by atoms with E-state index in [1.807, 2.05) is 6.07 Å². The highest BCUT2D eigenvalue weighted by Crippen LogP contribution is 2.28. The summed E-state index contributed by atoms with van der Waals surface area (Å²) in [5.74, 6) is -0.161. The molecule has 144 valence electrons. The van der Waals surface area contributed by atoms with Crippen LogP contribution in [-0.4, -0.2) is 31.7 Å². The molecular weight excluding hydrogens is 386 g/mol. The summed E-state index contributed by atoms with van der Waals surface area (Å²) in [7, 11) is 1.52. The lowest BCUT2D eigenvalue weighted by Crippen LogP contribution is -2.20. The van der Waals surface area contributed by atoms with E-state index in [1.165, 1.54) is 13.3 Å². The maximum atomic E-state index is 12.2. The van der Waals surface area contributed by atoms with Gasteiger partial charge in [0, 0.05) is 5.39 Å². The molecule has 3 aromatic rings. The van der Waals surface area contributed by atoms with Gasteiger partial charge in [-0.15, -0.1) is 0 Å². The minimum Gasteiger partial charge on any atom is -0.493 e. The number of hydrazone groups is 1. The first-order valence-electron chi connectivity index (χ1n) is 8.08. The number of carbonyl (C=O) groups excluding carboxylic acids is 2. The highest BCUT2D eigenvalue weighted by atomic mass is 35.5. The highest BCUT2D eigenvalue weighted by molar-refractivity contribution is 6.32. The minimum absolute atomic E-state index is 0.102. The summed E-state index contributed by atoms with van der Waals surface area (Å²) < 4.78 is 15.9. The Morgan fingerprint density at radius 3 is 2.79 bits per heavy atom. The van der Waals surface area contributed by atoms with Crippen molar-refractivity contribution >= 4 is 40.6 Å². The molecule has 0 aliphatic rings. The lowest BCUT2D eigenvalue weighted by molar-refractivity contribution is -0.119. The molecule has 0 atom stereocenters. The number of ether oxygens (including phenoxy) is 2. The van der Waals surface area contributed by atoms with Crippen LogP contribution in [0.5, 0.6) is 11.5 Å². The summed E-state index contributed by atoms with van der Waals surface area (Å²) in [6.45, 7) is -0.272. The Labute approximate surface area is 164 Å². The Morgan fingerprint density at radius 1 is 1.25 bits per heavy atom. The van der Waals surface area contributed by atoms with Gasteiger partial charge < -0.3 is 19.6 Å². The molecule has 0 fully saturated rings.